The Labute approximate surface area is 265 Å². The predicted molar refractivity (Wildman–Crippen MR) is 182 cm³/mol. The van der Waals surface area contributed by atoms with Gasteiger partial charge in [-0.15, -0.1) is 0 Å². The van der Waals surface area contributed by atoms with Crippen molar-refractivity contribution >= 4 is 33.3 Å². The van der Waals surface area contributed by atoms with Gasteiger partial charge in [-0.05, 0) is 81.5 Å². The molecule has 232 valence electrons. The van der Waals surface area contributed by atoms with Gasteiger partial charge in [-0.25, -0.2) is 0 Å². The van der Waals surface area contributed by atoms with E-state index in [1.165, 1.54) is 61.0 Å². The zero-order chi connectivity index (χ0) is 30.8. The zero-order valence-corrected chi connectivity index (χ0v) is 26.9. The van der Waals surface area contributed by atoms with E-state index in [0.29, 0.717) is 5.92 Å². The van der Waals surface area contributed by atoms with Crippen LogP contribution in [0.1, 0.15) is 55.1 Å². The van der Waals surface area contributed by atoms with E-state index in [-0.39, 0.29) is 29.8 Å². The van der Waals surface area contributed by atoms with Gasteiger partial charge in [-0.2, -0.15) is 0 Å². The van der Waals surface area contributed by atoms with E-state index >= 15 is 0 Å². The third-order valence-electron chi connectivity index (χ3n) is 11.5. The van der Waals surface area contributed by atoms with Gasteiger partial charge in [0.25, 0.3) is 0 Å². The van der Waals surface area contributed by atoms with Crippen LogP contribution in [0.15, 0.2) is 77.9 Å². The second-order valence-electron chi connectivity index (χ2n) is 13.7. The minimum atomic E-state index is -0.210. The third-order valence-corrected chi connectivity index (χ3v) is 11.5. The lowest BCUT2D eigenvalue weighted by Crippen LogP contribution is -2.53. The van der Waals surface area contributed by atoms with E-state index in [2.05, 4.69) is 107 Å². The Morgan fingerprint density at radius 2 is 1.62 bits per heavy atom. The van der Waals surface area contributed by atoms with Crippen LogP contribution in [0.4, 0.5) is 0 Å². The second kappa shape index (κ2) is 11.2. The first-order valence-corrected chi connectivity index (χ1v) is 16.7. The number of aromatic nitrogens is 2. The van der Waals surface area contributed by atoms with Crippen molar-refractivity contribution in [3.05, 3.63) is 100 Å². The fourth-order valence-corrected chi connectivity index (χ4v) is 9.30. The monoisotopic (exact) mass is 600 g/mol. The van der Waals surface area contributed by atoms with E-state index in [4.69, 9.17) is 4.74 Å². The van der Waals surface area contributed by atoms with E-state index in [9.17, 15) is 4.79 Å². The SMILES string of the molecule is C/C=C1/CN2CC[C@H]1/C(=C/[C@@H]1C[C@H]3/C(=C\C)CN(C)[C@@H](Cc4c1[nH]c1ccccc41)C3C(=O)OC)c1[nH]c3ccccc3c1C2. The highest BCUT2D eigenvalue weighted by Crippen LogP contribution is 2.49. The van der Waals surface area contributed by atoms with Gasteiger partial charge in [-0.3, -0.25) is 14.6 Å². The number of nitrogens with zero attached hydrogens (tertiary/aromatic N) is 2. The molecular weight excluding hydrogens is 556 g/mol. The van der Waals surface area contributed by atoms with Crippen molar-refractivity contribution in [2.45, 2.75) is 51.6 Å². The zero-order valence-electron chi connectivity index (χ0n) is 26.9. The van der Waals surface area contributed by atoms with Crippen molar-refractivity contribution in [3.8, 4) is 0 Å². The fraction of sp³-hybridized carbons (Fsp3) is 0.410. The number of H-pyrrole nitrogens is 2. The molecule has 6 nitrogen and oxygen atoms in total. The highest BCUT2D eigenvalue weighted by atomic mass is 16.5. The summed E-state index contributed by atoms with van der Waals surface area (Å²) in [5.41, 5.74) is 12.0. The number of likely N-dealkylation sites (N-methyl/N-ethyl adjacent to an activating group) is 1. The fourth-order valence-electron chi connectivity index (χ4n) is 9.30. The molecule has 5 aliphatic rings. The normalized spacial score (nSPS) is 31.1. The van der Waals surface area contributed by atoms with E-state index < -0.39 is 0 Å². The number of piperidine rings is 2. The number of rotatable bonds is 2. The number of ether oxygens (including phenoxy) is 1. The molecule has 1 aliphatic carbocycles. The molecule has 0 radical (unpaired) electrons. The lowest BCUT2D eigenvalue weighted by molar-refractivity contribution is -0.151. The number of hydrogen-bond acceptors (Lipinski definition) is 4. The number of hydrogen-bond donors (Lipinski definition) is 2. The molecule has 6 atom stereocenters. The molecule has 6 heterocycles. The number of methoxy groups -OCH3 is 1. The molecule has 2 N–H and O–H groups in total. The van der Waals surface area contributed by atoms with Crippen LogP contribution in [0.2, 0.25) is 0 Å². The maximum atomic E-state index is 13.7. The first-order valence-electron chi connectivity index (χ1n) is 16.7. The Morgan fingerprint density at radius 1 is 0.911 bits per heavy atom. The van der Waals surface area contributed by atoms with Crippen molar-refractivity contribution in [2.24, 2.45) is 17.8 Å². The van der Waals surface area contributed by atoms with Crippen LogP contribution >= 0.6 is 0 Å². The van der Waals surface area contributed by atoms with Gasteiger partial charge in [0, 0.05) is 70.7 Å². The summed E-state index contributed by atoms with van der Waals surface area (Å²) in [7, 11) is 3.73. The van der Waals surface area contributed by atoms with Crippen LogP contribution in [0.3, 0.4) is 0 Å². The van der Waals surface area contributed by atoms with Crippen LogP contribution in [0.25, 0.3) is 27.4 Å². The molecule has 6 heteroatoms. The lowest BCUT2D eigenvalue weighted by Gasteiger charge is -2.46. The van der Waals surface area contributed by atoms with Gasteiger partial charge in [0.05, 0.1) is 13.0 Å². The number of allylic oxidation sites excluding steroid dienone is 4. The minimum Gasteiger partial charge on any atom is -0.469 e. The third kappa shape index (κ3) is 4.56. The molecule has 2 aromatic heterocycles. The van der Waals surface area contributed by atoms with Crippen molar-refractivity contribution in [1.29, 1.82) is 0 Å². The molecule has 4 bridgehead atoms. The summed E-state index contributed by atoms with van der Waals surface area (Å²) >= 11 is 0. The standard InChI is InChI=1S/C39H44N4O2/c1-5-23-20-42(3)35-19-31-27-11-7-9-13-33(27)40-37(31)25(17-29(23)36(35)39(44)45-4)18-30-26-15-16-43(21-24(26)6-2)22-32-28-12-8-10-14-34(28)41-38(30)32/h5-14,18,25-26,29,35-36,40-41H,15-17,19-22H2,1-4H3/b23-5-,24-6-,30-18-/t25-,26+,29-,35-,36?/m0/s1. The quantitative estimate of drug-likeness (QED) is 0.189. The molecule has 0 saturated carbocycles. The molecule has 45 heavy (non-hydrogen) atoms. The van der Waals surface area contributed by atoms with Crippen LogP contribution in [0, 0.1) is 17.8 Å². The largest absolute Gasteiger partial charge is 0.469 e. The van der Waals surface area contributed by atoms with Crippen LogP contribution in [-0.2, 0) is 22.5 Å². The molecule has 0 spiro atoms. The van der Waals surface area contributed by atoms with Gasteiger partial charge in [-0.1, -0.05) is 65.8 Å². The number of carbonyl (C=O) groups is 1. The van der Waals surface area contributed by atoms with Crippen LogP contribution in [0.5, 0.6) is 0 Å². The second-order valence-corrected chi connectivity index (χ2v) is 13.7. The minimum absolute atomic E-state index is 0.0818. The number of aromatic amines is 2. The van der Waals surface area contributed by atoms with Crippen LogP contribution < -0.4 is 0 Å². The summed E-state index contributed by atoms with van der Waals surface area (Å²) in [5, 5.41) is 2.60. The summed E-state index contributed by atoms with van der Waals surface area (Å²) in [6, 6.07) is 17.6. The molecule has 4 aromatic rings. The Bertz CT molecular complexity index is 1890. The Balaban J connectivity index is 1.38. The van der Waals surface area contributed by atoms with Gasteiger partial charge < -0.3 is 14.7 Å². The first kappa shape index (κ1) is 28.6. The Hall–Kier alpha value is -3.87. The maximum absolute atomic E-state index is 13.7. The molecule has 2 fully saturated rings. The topological polar surface area (TPSA) is 64.4 Å². The number of fused-ring (bicyclic) bond motifs is 8. The number of para-hydroxylation sites is 2. The Morgan fingerprint density at radius 3 is 2.36 bits per heavy atom. The molecule has 9 rings (SSSR count). The summed E-state index contributed by atoms with van der Waals surface area (Å²) in [5.74, 6) is 0.299. The van der Waals surface area contributed by atoms with E-state index in [0.717, 1.165) is 45.4 Å². The molecule has 4 aliphatic heterocycles. The molecule has 2 aromatic carbocycles. The van der Waals surface area contributed by atoms with Gasteiger partial charge >= 0.3 is 5.97 Å². The van der Waals surface area contributed by atoms with Gasteiger partial charge in [0.2, 0.25) is 0 Å². The molecule has 0 amide bonds. The average Bonchev–Trinajstić information content (AvgIpc) is 3.59. The predicted octanol–water partition coefficient (Wildman–Crippen LogP) is 7.21. The Kier molecular flexibility index (Phi) is 7.10. The van der Waals surface area contributed by atoms with Crippen molar-refractivity contribution < 1.29 is 9.53 Å². The number of carbonyl (C=O) groups excluding carboxylic acids is 1. The molecule has 2 saturated heterocycles. The summed E-state index contributed by atoms with van der Waals surface area (Å²) in [4.78, 5) is 26.5. The number of esters is 1. The number of benzene rings is 2. The van der Waals surface area contributed by atoms with Crippen LogP contribution in [-0.4, -0.2) is 65.6 Å². The highest BCUT2D eigenvalue weighted by molar-refractivity contribution is 5.91. The van der Waals surface area contributed by atoms with E-state index in [1.54, 1.807) is 7.11 Å². The smallest absolute Gasteiger partial charge is 0.310 e. The average molecular weight is 601 g/mol. The van der Waals surface area contributed by atoms with Crippen molar-refractivity contribution in [2.75, 3.05) is 33.8 Å². The number of nitrogens with one attached hydrogen (secondary N) is 2. The first-order chi connectivity index (χ1) is 22.0. The van der Waals surface area contributed by atoms with Gasteiger partial charge in [0.15, 0.2) is 0 Å². The van der Waals surface area contributed by atoms with Crippen molar-refractivity contribution in [3.63, 3.8) is 0 Å². The van der Waals surface area contributed by atoms with E-state index in [1.807, 2.05) is 0 Å². The summed E-state index contributed by atoms with van der Waals surface area (Å²) < 4.78 is 5.55. The van der Waals surface area contributed by atoms with Gasteiger partial charge in [0.1, 0.15) is 0 Å². The van der Waals surface area contributed by atoms with Crippen molar-refractivity contribution in [1.82, 2.24) is 19.8 Å². The summed E-state index contributed by atoms with van der Waals surface area (Å²) in [6.45, 7) is 8.30. The lowest BCUT2D eigenvalue weighted by atomic mass is 9.67. The molecular formula is C39H44N4O2. The maximum Gasteiger partial charge on any atom is 0.310 e. The molecule has 2 unspecified atom stereocenters. The highest BCUT2D eigenvalue weighted by Gasteiger charge is 2.47. The number of likely N-dealkylation sites (tertiary alicyclic amines) is 1. The summed E-state index contributed by atoms with van der Waals surface area (Å²) in [6.07, 6.45) is 10.0.